The van der Waals surface area contributed by atoms with Crippen LogP contribution in [0.1, 0.15) is 49.1 Å². The average Bonchev–Trinajstić information content (AvgIpc) is 2.60. The quantitative estimate of drug-likeness (QED) is 0.887. The lowest BCUT2D eigenvalue weighted by Crippen LogP contribution is -2.51. The van der Waals surface area contributed by atoms with E-state index >= 15 is 0 Å². The van der Waals surface area contributed by atoms with Gasteiger partial charge in [0.15, 0.2) is 0 Å². The van der Waals surface area contributed by atoms with Gasteiger partial charge in [-0.3, -0.25) is 4.79 Å². The predicted octanol–water partition coefficient (Wildman–Crippen LogP) is 2.50. The summed E-state index contributed by atoms with van der Waals surface area (Å²) in [6.07, 6.45) is 5.56. The fourth-order valence-corrected chi connectivity index (χ4v) is 3.25. The third-order valence-electron chi connectivity index (χ3n) is 4.66. The summed E-state index contributed by atoms with van der Waals surface area (Å²) in [5, 5.41) is 6.54. The maximum Gasteiger partial charge on any atom is 0.237 e. The summed E-state index contributed by atoms with van der Waals surface area (Å²) in [4.78, 5) is 11.9. The fourth-order valence-electron chi connectivity index (χ4n) is 3.25. The standard InChI is InChI=1S/C17H24N2O/c1-12-5-7-13(8-6-12)14-10-15(11-14)19-16-4-2-3-9-18-17(16)20/h5-8,14-16,19H,2-4,9-11H2,1H3,(H,18,20). The van der Waals surface area contributed by atoms with Gasteiger partial charge in [0, 0.05) is 12.6 Å². The van der Waals surface area contributed by atoms with Gasteiger partial charge in [-0.05, 0) is 50.5 Å². The molecule has 1 aromatic carbocycles. The van der Waals surface area contributed by atoms with Gasteiger partial charge in [0.25, 0.3) is 0 Å². The molecule has 2 aliphatic rings. The topological polar surface area (TPSA) is 41.1 Å². The van der Waals surface area contributed by atoms with E-state index in [1.54, 1.807) is 0 Å². The van der Waals surface area contributed by atoms with E-state index in [1.165, 1.54) is 11.1 Å². The van der Waals surface area contributed by atoms with Crippen molar-refractivity contribution in [3.05, 3.63) is 35.4 Å². The zero-order valence-corrected chi connectivity index (χ0v) is 12.2. The van der Waals surface area contributed by atoms with Crippen molar-refractivity contribution in [3.63, 3.8) is 0 Å². The van der Waals surface area contributed by atoms with Crippen LogP contribution in [0.25, 0.3) is 0 Å². The Kier molecular flexibility index (Phi) is 4.06. The van der Waals surface area contributed by atoms with Crippen LogP contribution in [0.15, 0.2) is 24.3 Å². The van der Waals surface area contributed by atoms with Crippen LogP contribution in [0.2, 0.25) is 0 Å². The third-order valence-corrected chi connectivity index (χ3v) is 4.66. The molecule has 1 saturated carbocycles. The van der Waals surface area contributed by atoms with Crippen molar-refractivity contribution in [2.75, 3.05) is 6.54 Å². The average molecular weight is 272 g/mol. The second-order valence-electron chi connectivity index (χ2n) is 6.28. The number of hydrogen-bond acceptors (Lipinski definition) is 2. The molecule has 0 spiro atoms. The molecule has 3 rings (SSSR count). The van der Waals surface area contributed by atoms with Gasteiger partial charge >= 0.3 is 0 Å². The van der Waals surface area contributed by atoms with Crippen LogP contribution in [-0.2, 0) is 4.79 Å². The molecular weight excluding hydrogens is 248 g/mol. The highest BCUT2D eigenvalue weighted by Crippen LogP contribution is 2.37. The molecule has 0 radical (unpaired) electrons. The summed E-state index contributed by atoms with van der Waals surface area (Å²) in [6, 6.07) is 9.41. The number of hydrogen-bond donors (Lipinski definition) is 2. The predicted molar refractivity (Wildman–Crippen MR) is 80.7 cm³/mol. The van der Waals surface area contributed by atoms with Crippen molar-refractivity contribution in [2.24, 2.45) is 0 Å². The summed E-state index contributed by atoms with van der Waals surface area (Å²) in [7, 11) is 0. The van der Waals surface area contributed by atoms with Gasteiger partial charge in [0.1, 0.15) is 0 Å². The highest BCUT2D eigenvalue weighted by atomic mass is 16.2. The Bertz CT molecular complexity index is 462. The summed E-state index contributed by atoms with van der Waals surface area (Å²) in [5.74, 6) is 0.864. The Hall–Kier alpha value is -1.35. The summed E-state index contributed by atoms with van der Waals surface area (Å²) in [6.45, 7) is 2.97. The Morgan fingerprint density at radius 3 is 2.65 bits per heavy atom. The largest absolute Gasteiger partial charge is 0.355 e. The smallest absolute Gasteiger partial charge is 0.237 e. The van der Waals surface area contributed by atoms with Gasteiger partial charge in [-0.25, -0.2) is 0 Å². The van der Waals surface area contributed by atoms with Crippen molar-refractivity contribution in [1.82, 2.24) is 10.6 Å². The molecule has 0 aromatic heterocycles. The zero-order valence-electron chi connectivity index (χ0n) is 12.2. The molecule has 1 saturated heterocycles. The van der Waals surface area contributed by atoms with Crippen LogP contribution in [0, 0.1) is 6.92 Å². The normalized spacial score (nSPS) is 30.2. The lowest BCUT2D eigenvalue weighted by Gasteiger charge is -2.38. The number of benzene rings is 1. The summed E-state index contributed by atoms with van der Waals surface area (Å²) < 4.78 is 0. The molecule has 0 bridgehead atoms. The molecule has 1 aliphatic carbocycles. The van der Waals surface area contributed by atoms with E-state index < -0.39 is 0 Å². The van der Waals surface area contributed by atoms with Crippen LogP contribution in [0.4, 0.5) is 0 Å². The second kappa shape index (κ2) is 5.96. The molecule has 2 N–H and O–H groups in total. The lowest BCUT2D eigenvalue weighted by molar-refractivity contribution is -0.123. The number of amides is 1. The Morgan fingerprint density at radius 1 is 1.15 bits per heavy atom. The van der Waals surface area contributed by atoms with Crippen molar-refractivity contribution in [1.29, 1.82) is 0 Å². The molecule has 1 aliphatic heterocycles. The first-order valence-corrected chi connectivity index (χ1v) is 7.82. The van der Waals surface area contributed by atoms with Crippen molar-refractivity contribution in [3.8, 4) is 0 Å². The van der Waals surface area contributed by atoms with Crippen LogP contribution < -0.4 is 10.6 Å². The maximum atomic E-state index is 11.9. The van der Waals surface area contributed by atoms with Crippen LogP contribution in [0.3, 0.4) is 0 Å². The minimum atomic E-state index is 0.0291. The minimum Gasteiger partial charge on any atom is -0.355 e. The number of aryl methyl sites for hydroxylation is 1. The first-order valence-electron chi connectivity index (χ1n) is 7.82. The van der Waals surface area contributed by atoms with Gasteiger partial charge in [0.05, 0.1) is 6.04 Å². The first kappa shape index (κ1) is 13.6. The molecule has 20 heavy (non-hydrogen) atoms. The van der Waals surface area contributed by atoms with Crippen molar-refractivity contribution in [2.45, 2.75) is 57.0 Å². The van der Waals surface area contributed by atoms with Gasteiger partial charge in [0.2, 0.25) is 5.91 Å². The van der Waals surface area contributed by atoms with E-state index in [0.717, 1.165) is 38.6 Å². The van der Waals surface area contributed by atoms with E-state index in [2.05, 4.69) is 41.8 Å². The van der Waals surface area contributed by atoms with Gasteiger partial charge in [-0.15, -0.1) is 0 Å². The van der Waals surface area contributed by atoms with Gasteiger partial charge < -0.3 is 10.6 Å². The van der Waals surface area contributed by atoms with Gasteiger partial charge in [-0.1, -0.05) is 29.8 Å². The van der Waals surface area contributed by atoms with Crippen LogP contribution in [-0.4, -0.2) is 24.5 Å². The van der Waals surface area contributed by atoms with Crippen LogP contribution in [0.5, 0.6) is 0 Å². The van der Waals surface area contributed by atoms with E-state index in [1.807, 2.05) is 0 Å². The number of rotatable bonds is 3. The fraction of sp³-hybridized carbons (Fsp3) is 0.588. The molecule has 3 heteroatoms. The molecule has 1 heterocycles. The van der Waals surface area contributed by atoms with Crippen molar-refractivity contribution < 1.29 is 4.79 Å². The minimum absolute atomic E-state index is 0.0291. The molecule has 1 atom stereocenters. The third kappa shape index (κ3) is 3.04. The molecule has 1 aromatic rings. The number of carbonyl (C=O) groups is 1. The highest BCUT2D eigenvalue weighted by molar-refractivity contribution is 5.81. The van der Waals surface area contributed by atoms with Crippen molar-refractivity contribution >= 4 is 5.91 Å². The van der Waals surface area contributed by atoms with E-state index in [0.29, 0.717) is 12.0 Å². The SMILES string of the molecule is Cc1ccc(C2CC(NC3CCCCNC3=O)C2)cc1. The monoisotopic (exact) mass is 272 g/mol. The van der Waals surface area contributed by atoms with Gasteiger partial charge in [-0.2, -0.15) is 0 Å². The highest BCUT2D eigenvalue weighted by Gasteiger charge is 2.33. The number of carbonyl (C=O) groups excluding carboxylic acids is 1. The van der Waals surface area contributed by atoms with E-state index in [9.17, 15) is 4.79 Å². The number of nitrogens with one attached hydrogen (secondary N) is 2. The molecule has 1 amide bonds. The van der Waals surface area contributed by atoms with E-state index in [-0.39, 0.29) is 11.9 Å². The summed E-state index contributed by atoms with van der Waals surface area (Å²) in [5.41, 5.74) is 2.76. The van der Waals surface area contributed by atoms with Crippen LogP contribution >= 0.6 is 0 Å². The summed E-state index contributed by atoms with van der Waals surface area (Å²) >= 11 is 0. The lowest BCUT2D eigenvalue weighted by atomic mass is 9.75. The Labute approximate surface area is 121 Å². The molecular formula is C17H24N2O. The second-order valence-corrected chi connectivity index (χ2v) is 6.28. The molecule has 108 valence electrons. The Balaban J connectivity index is 1.50. The van der Waals surface area contributed by atoms with E-state index in [4.69, 9.17) is 0 Å². The maximum absolute atomic E-state index is 11.9. The molecule has 1 unspecified atom stereocenters. The zero-order chi connectivity index (χ0) is 13.9. The Morgan fingerprint density at radius 2 is 1.90 bits per heavy atom. The first-order chi connectivity index (χ1) is 9.72. The molecule has 2 fully saturated rings. The molecule has 3 nitrogen and oxygen atoms in total.